The van der Waals surface area contributed by atoms with Crippen molar-refractivity contribution >= 4 is 28.7 Å². The van der Waals surface area contributed by atoms with Gasteiger partial charge in [-0.2, -0.15) is 0 Å². The summed E-state index contributed by atoms with van der Waals surface area (Å²) in [6.07, 6.45) is 0.879. The number of ether oxygens (including phenoxy) is 2. The smallest absolute Gasteiger partial charge is 0.410 e. The highest BCUT2D eigenvalue weighted by Gasteiger charge is 2.32. The van der Waals surface area contributed by atoms with Crippen molar-refractivity contribution in [3.8, 4) is 5.75 Å². The molecule has 1 aromatic carbocycles. The number of pyridine rings is 1. The molecule has 2 aliphatic rings. The second-order valence-electron chi connectivity index (χ2n) is 9.13. The lowest BCUT2D eigenvalue weighted by Gasteiger charge is -2.38. The zero-order valence-electron chi connectivity index (χ0n) is 18.5. The summed E-state index contributed by atoms with van der Waals surface area (Å²) >= 11 is 0. The van der Waals surface area contributed by atoms with Crippen molar-refractivity contribution < 1.29 is 28.6 Å². The van der Waals surface area contributed by atoms with Crippen LogP contribution in [0.15, 0.2) is 17.1 Å². The van der Waals surface area contributed by atoms with Gasteiger partial charge >= 0.3 is 12.1 Å². The Morgan fingerprint density at radius 2 is 1.88 bits per heavy atom. The van der Waals surface area contributed by atoms with Gasteiger partial charge in [-0.25, -0.2) is 14.0 Å². The summed E-state index contributed by atoms with van der Waals surface area (Å²) in [7, 11) is 0. The Bertz CT molecular complexity index is 1160. The molecular formula is C22H26FN3O6. The van der Waals surface area contributed by atoms with E-state index in [4.69, 9.17) is 9.47 Å². The van der Waals surface area contributed by atoms with Crippen LogP contribution < -0.4 is 15.1 Å². The van der Waals surface area contributed by atoms with Gasteiger partial charge in [0.05, 0.1) is 16.9 Å². The summed E-state index contributed by atoms with van der Waals surface area (Å²) in [6.45, 7) is 8.81. The quantitative estimate of drug-likeness (QED) is 0.755. The first-order valence-corrected chi connectivity index (χ1v) is 10.5. The normalized spacial score (nSPS) is 18.5. The monoisotopic (exact) mass is 447 g/mol. The van der Waals surface area contributed by atoms with E-state index in [9.17, 15) is 19.5 Å². The van der Waals surface area contributed by atoms with E-state index in [-0.39, 0.29) is 29.5 Å². The van der Waals surface area contributed by atoms with Gasteiger partial charge in [0.1, 0.15) is 23.5 Å². The molecular weight excluding hydrogens is 421 g/mol. The van der Waals surface area contributed by atoms with E-state index >= 15 is 4.39 Å². The third-order valence-electron chi connectivity index (χ3n) is 5.62. The van der Waals surface area contributed by atoms with E-state index in [1.807, 2.05) is 6.92 Å². The van der Waals surface area contributed by atoms with Crippen molar-refractivity contribution in [3.05, 3.63) is 33.9 Å². The third-order valence-corrected chi connectivity index (χ3v) is 5.62. The first-order chi connectivity index (χ1) is 15.0. The Morgan fingerprint density at radius 1 is 1.22 bits per heavy atom. The molecule has 1 atom stereocenters. The van der Waals surface area contributed by atoms with Crippen molar-refractivity contribution in [3.63, 3.8) is 0 Å². The number of nitrogens with zero attached hydrogens (tertiary/aromatic N) is 3. The van der Waals surface area contributed by atoms with Crippen LogP contribution in [-0.4, -0.2) is 65.0 Å². The summed E-state index contributed by atoms with van der Waals surface area (Å²) in [5, 5.41) is 9.37. The first-order valence-electron chi connectivity index (χ1n) is 10.5. The van der Waals surface area contributed by atoms with Crippen molar-refractivity contribution in [1.82, 2.24) is 9.47 Å². The van der Waals surface area contributed by atoms with Crippen LogP contribution in [0.4, 0.5) is 14.9 Å². The average molecular weight is 447 g/mol. The van der Waals surface area contributed by atoms with Crippen LogP contribution in [0.3, 0.4) is 0 Å². The maximum Gasteiger partial charge on any atom is 0.410 e. The number of piperazine rings is 1. The number of halogens is 1. The summed E-state index contributed by atoms with van der Waals surface area (Å²) in [6, 6.07) is 0.854. The summed E-state index contributed by atoms with van der Waals surface area (Å²) < 4.78 is 28.2. The number of benzene rings is 1. The number of carboxylic acids is 1. The summed E-state index contributed by atoms with van der Waals surface area (Å²) in [4.78, 5) is 39.9. The van der Waals surface area contributed by atoms with Crippen LogP contribution in [0.25, 0.3) is 10.9 Å². The van der Waals surface area contributed by atoms with Gasteiger partial charge in [0.15, 0.2) is 11.6 Å². The highest BCUT2D eigenvalue weighted by molar-refractivity contribution is 5.97. The Balaban J connectivity index is 1.72. The lowest BCUT2D eigenvalue weighted by Crippen LogP contribution is -2.50. The van der Waals surface area contributed by atoms with Crippen LogP contribution in [-0.2, 0) is 4.74 Å². The predicted octanol–water partition coefficient (Wildman–Crippen LogP) is 2.85. The number of aromatic carboxylic acids is 1. The van der Waals surface area contributed by atoms with Gasteiger partial charge in [-0.15, -0.1) is 0 Å². The van der Waals surface area contributed by atoms with Crippen LogP contribution in [0, 0.1) is 5.82 Å². The number of carbonyl (C=O) groups is 2. The van der Waals surface area contributed by atoms with Crippen molar-refractivity contribution in [2.45, 2.75) is 39.3 Å². The number of hydrogen-bond acceptors (Lipinski definition) is 6. The van der Waals surface area contributed by atoms with E-state index in [1.54, 1.807) is 35.1 Å². The van der Waals surface area contributed by atoms with E-state index in [1.165, 1.54) is 6.20 Å². The Morgan fingerprint density at radius 3 is 2.47 bits per heavy atom. The zero-order chi connectivity index (χ0) is 23.4. The third kappa shape index (κ3) is 3.74. The molecule has 0 bridgehead atoms. The zero-order valence-corrected chi connectivity index (χ0v) is 18.5. The largest absolute Gasteiger partial charge is 0.487 e. The minimum absolute atomic E-state index is 0.0277. The van der Waals surface area contributed by atoms with Gasteiger partial charge in [-0.3, -0.25) is 4.79 Å². The molecule has 4 rings (SSSR count). The number of anilines is 1. The lowest BCUT2D eigenvalue weighted by atomic mass is 10.1. The van der Waals surface area contributed by atoms with Crippen LogP contribution in [0.2, 0.25) is 0 Å². The number of aromatic nitrogens is 1. The molecule has 2 aliphatic heterocycles. The molecule has 0 radical (unpaired) electrons. The van der Waals surface area contributed by atoms with Gasteiger partial charge in [0.2, 0.25) is 5.43 Å². The van der Waals surface area contributed by atoms with Gasteiger partial charge in [-0.1, -0.05) is 0 Å². The molecule has 2 aromatic rings. The van der Waals surface area contributed by atoms with Crippen LogP contribution >= 0.6 is 0 Å². The van der Waals surface area contributed by atoms with E-state index in [0.29, 0.717) is 31.7 Å². The minimum Gasteiger partial charge on any atom is -0.487 e. The molecule has 32 heavy (non-hydrogen) atoms. The van der Waals surface area contributed by atoms with Crippen LogP contribution in [0.1, 0.15) is 44.1 Å². The fourth-order valence-electron chi connectivity index (χ4n) is 4.10. The van der Waals surface area contributed by atoms with Gasteiger partial charge in [-0.05, 0) is 33.8 Å². The highest BCUT2D eigenvalue weighted by atomic mass is 19.1. The van der Waals surface area contributed by atoms with Crippen molar-refractivity contribution in [2.24, 2.45) is 0 Å². The van der Waals surface area contributed by atoms with Gasteiger partial charge in [0.25, 0.3) is 0 Å². The molecule has 3 heterocycles. The molecule has 1 aromatic heterocycles. The number of rotatable bonds is 2. The summed E-state index contributed by atoms with van der Waals surface area (Å²) in [5.74, 6) is -1.81. The van der Waals surface area contributed by atoms with Gasteiger partial charge in [0, 0.05) is 32.4 Å². The molecule has 10 heteroatoms. The number of hydrogen-bond donors (Lipinski definition) is 1. The molecule has 0 aliphatic carbocycles. The highest BCUT2D eigenvalue weighted by Crippen LogP contribution is 2.42. The van der Waals surface area contributed by atoms with Crippen molar-refractivity contribution in [2.75, 3.05) is 37.7 Å². The standard InChI is InChI=1S/C22H26FN3O6/c1-12-11-31-19-16-13(18(27)14(20(28)29)10-26(12)16)9-15(23)17(19)24-5-7-25(8-6-24)21(30)32-22(2,3)4/h9-10,12H,5-8,11H2,1-4H3,(H,28,29)/t12-/m1/s1. The molecule has 0 unspecified atom stereocenters. The minimum atomic E-state index is -1.36. The van der Waals surface area contributed by atoms with E-state index in [2.05, 4.69) is 0 Å². The summed E-state index contributed by atoms with van der Waals surface area (Å²) in [5.41, 5.74) is -1.17. The van der Waals surface area contributed by atoms with Crippen LogP contribution in [0.5, 0.6) is 5.75 Å². The lowest BCUT2D eigenvalue weighted by molar-refractivity contribution is 0.0240. The Hall–Kier alpha value is -3.30. The molecule has 1 N–H and O–H groups in total. The number of carboxylic acid groups (broad SMARTS) is 1. The maximum absolute atomic E-state index is 15.3. The molecule has 9 nitrogen and oxygen atoms in total. The maximum atomic E-state index is 15.3. The number of amides is 1. The average Bonchev–Trinajstić information content (AvgIpc) is 2.70. The van der Waals surface area contributed by atoms with E-state index < -0.39 is 34.5 Å². The van der Waals surface area contributed by atoms with Gasteiger partial charge < -0.3 is 28.9 Å². The molecule has 0 saturated carbocycles. The number of carbonyl (C=O) groups excluding carboxylic acids is 1. The fraction of sp³-hybridized carbons (Fsp3) is 0.500. The second-order valence-corrected chi connectivity index (χ2v) is 9.13. The van der Waals surface area contributed by atoms with Crippen molar-refractivity contribution in [1.29, 1.82) is 0 Å². The topological polar surface area (TPSA) is 101 Å². The molecule has 1 fully saturated rings. The Kier molecular flexibility index (Phi) is 5.26. The molecule has 172 valence electrons. The SMILES string of the molecule is C[C@@H]1COc2c(N3CCN(C(=O)OC(C)(C)C)CC3)c(F)cc3c(=O)c(C(=O)O)cn1c23. The fourth-order valence-corrected chi connectivity index (χ4v) is 4.10. The first kappa shape index (κ1) is 21.9. The van der Waals surface area contributed by atoms with E-state index in [0.717, 1.165) is 6.07 Å². The predicted molar refractivity (Wildman–Crippen MR) is 115 cm³/mol. The Labute approximate surface area is 183 Å². The second kappa shape index (κ2) is 7.68. The molecule has 0 spiro atoms. The molecule has 1 amide bonds. The molecule has 1 saturated heterocycles.